The molecular formula is C18H22N2O3. The molecule has 0 bridgehead atoms. The summed E-state index contributed by atoms with van der Waals surface area (Å²) in [6.07, 6.45) is 4.04. The van der Waals surface area contributed by atoms with Crippen LogP contribution in [-0.4, -0.2) is 43.0 Å². The Balaban J connectivity index is 1.64. The van der Waals surface area contributed by atoms with E-state index in [1.54, 1.807) is 7.11 Å². The van der Waals surface area contributed by atoms with E-state index in [4.69, 9.17) is 4.74 Å². The van der Waals surface area contributed by atoms with Crippen LogP contribution in [0, 0.1) is 11.3 Å². The van der Waals surface area contributed by atoms with Crippen molar-refractivity contribution >= 4 is 11.8 Å². The van der Waals surface area contributed by atoms with Crippen molar-refractivity contribution in [1.82, 2.24) is 10.2 Å². The molecule has 5 nitrogen and oxygen atoms in total. The third kappa shape index (κ3) is 1.98. The first-order valence-corrected chi connectivity index (χ1v) is 8.40. The van der Waals surface area contributed by atoms with E-state index in [2.05, 4.69) is 5.32 Å². The Hall–Kier alpha value is -2.04. The molecule has 5 heteroatoms. The van der Waals surface area contributed by atoms with Gasteiger partial charge in [0.1, 0.15) is 5.75 Å². The molecule has 0 aromatic heterocycles. The maximum atomic E-state index is 13.0. The molecule has 2 aliphatic heterocycles. The van der Waals surface area contributed by atoms with Crippen LogP contribution < -0.4 is 10.1 Å². The second-order valence-corrected chi connectivity index (χ2v) is 6.89. The van der Waals surface area contributed by atoms with Gasteiger partial charge in [0, 0.05) is 30.6 Å². The zero-order valence-electron chi connectivity index (χ0n) is 13.4. The van der Waals surface area contributed by atoms with Crippen LogP contribution in [0.15, 0.2) is 24.3 Å². The maximum absolute atomic E-state index is 13.0. The summed E-state index contributed by atoms with van der Waals surface area (Å²) in [6.45, 7) is 1.40. The summed E-state index contributed by atoms with van der Waals surface area (Å²) >= 11 is 0. The summed E-state index contributed by atoms with van der Waals surface area (Å²) in [7, 11) is 1.61. The van der Waals surface area contributed by atoms with Crippen molar-refractivity contribution in [2.45, 2.75) is 31.7 Å². The van der Waals surface area contributed by atoms with Gasteiger partial charge in [0.05, 0.1) is 12.5 Å². The van der Waals surface area contributed by atoms with Gasteiger partial charge >= 0.3 is 0 Å². The van der Waals surface area contributed by atoms with Crippen LogP contribution in [0.1, 0.15) is 36.0 Å². The minimum Gasteiger partial charge on any atom is -0.497 e. The lowest BCUT2D eigenvalue weighted by atomic mass is 9.67. The summed E-state index contributed by atoms with van der Waals surface area (Å²) in [4.78, 5) is 27.5. The average molecular weight is 314 g/mol. The zero-order chi connectivity index (χ0) is 16.0. The van der Waals surface area contributed by atoms with E-state index in [9.17, 15) is 9.59 Å². The number of benzene rings is 1. The molecule has 0 unspecified atom stereocenters. The Kier molecular flexibility index (Phi) is 3.32. The molecule has 1 saturated carbocycles. The molecule has 3 fully saturated rings. The Morgan fingerprint density at radius 3 is 2.83 bits per heavy atom. The quantitative estimate of drug-likeness (QED) is 0.906. The van der Waals surface area contributed by atoms with Crippen LogP contribution >= 0.6 is 0 Å². The fourth-order valence-corrected chi connectivity index (χ4v) is 4.82. The zero-order valence-corrected chi connectivity index (χ0v) is 13.4. The van der Waals surface area contributed by atoms with Crippen LogP contribution in [0.25, 0.3) is 0 Å². The fourth-order valence-electron chi connectivity index (χ4n) is 4.82. The number of ether oxygens (including phenoxy) is 1. The number of nitrogens with zero attached hydrogens (tertiary/aromatic N) is 1. The van der Waals surface area contributed by atoms with Crippen LogP contribution in [-0.2, 0) is 4.79 Å². The van der Waals surface area contributed by atoms with Gasteiger partial charge in [-0.05, 0) is 37.1 Å². The van der Waals surface area contributed by atoms with Gasteiger partial charge in [-0.2, -0.15) is 0 Å². The number of hydrogen-bond donors (Lipinski definition) is 1. The lowest BCUT2D eigenvalue weighted by molar-refractivity contribution is -0.131. The second kappa shape index (κ2) is 5.25. The SMILES string of the molecule is COc1ccc(C(=O)N2C[C@H]3CNC(=O)[C@]34CCCC[C@@H]24)cc1. The fraction of sp³-hybridized carbons (Fsp3) is 0.556. The second-order valence-electron chi connectivity index (χ2n) is 6.89. The monoisotopic (exact) mass is 314 g/mol. The molecule has 2 heterocycles. The highest BCUT2D eigenvalue weighted by molar-refractivity contribution is 5.96. The van der Waals surface area contributed by atoms with Crippen molar-refractivity contribution in [3.05, 3.63) is 29.8 Å². The summed E-state index contributed by atoms with van der Waals surface area (Å²) in [6, 6.07) is 7.30. The molecule has 3 atom stereocenters. The Bertz CT molecular complexity index is 642. The van der Waals surface area contributed by atoms with Crippen molar-refractivity contribution in [3.63, 3.8) is 0 Å². The van der Waals surface area contributed by atoms with Crippen LogP contribution in [0.3, 0.4) is 0 Å². The van der Waals surface area contributed by atoms with Gasteiger partial charge in [-0.1, -0.05) is 12.8 Å². The minimum absolute atomic E-state index is 0.0427. The van der Waals surface area contributed by atoms with E-state index in [0.717, 1.165) is 31.4 Å². The Labute approximate surface area is 136 Å². The number of rotatable bonds is 2. The van der Waals surface area contributed by atoms with Gasteiger partial charge in [0.2, 0.25) is 5.91 Å². The predicted octanol–water partition coefficient (Wildman–Crippen LogP) is 1.83. The third-order valence-electron chi connectivity index (χ3n) is 5.96. The molecule has 1 spiro atoms. The van der Waals surface area contributed by atoms with Crippen LogP contribution in [0.2, 0.25) is 0 Å². The normalized spacial score (nSPS) is 32.2. The molecule has 0 radical (unpaired) electrons. The van der Waals surface area contributed by atoms with Gasteiger partial charge in [-0.25, -0.2) is 0 Å². The molecule has 1 aromatic carbocycles. The van der Waals surface area contributed by atoms with E-state index in [1.165, 1.54) is 0 Å². The largest absolute Gasteiger partial charge is 0.497 e. The van der Waals surface area contributed by atoms with Crippen molar-refractivity contribution in [1.29, 1.82) is 0 Å². The molecule has 1 N–H and O–H groups in total. The molecule has 1 aliphatic carbocycles. The summed E-state index contributed by atoms with van der Waals surface area (Å²) in [5.41, 5.74) is 0.340. The lowest BCUT2D eigenvalue weighted by Crippen LogP contribution is -2.50. The van der Waals surface area contributed by atoms with Gasteiger partial charge in [0.15, 0.2) is 0 Å². The Morgan fingerprint density at radius 2 is 2.09 bits per heavy atom. The topological polar surface area (TPSA) is 58.6 Å². The standard InChI is InChI=1S/C18H22N2O3/c1-23-14-7-5-12(6-8-14)16(21)20-11-13-10-19-17(22)18(13)9-3-2-4-15(18)20/h5-8,13,15H,2-4,9-11H2,1H3,(H,19,22)/t13-,15-,18-/m1/s1. The maximum Gasteiger partial charge on any atom is 0.254 e. The number of amides is 2. The van der Waals surface area contributed by atoms with Crippen molar-refractivity contribution in [2.24, 2.45) is 11.3 Å². The molecule has 1 aromatic rings. The molecule has 23 heavy (non-hydrogen) atoms. The van der Waals surface area contributed by atoms with Gasteiger partial charge < -0.3 is 15.0 Å². The molecule has 122 valence electrons. The molecule has 2 saturated heterocycles. The number of hydrogen-bond acceptors (Lipinski definition) is 3. The smallest absolute Gasteiger partial charge is 0.254 e. The first-order valence-electron chi connectivity index (χ1n) is 8.40. The number of methoxy groups -OCH3 is 1. The van der Waals surface area contributed by atoms with Crippen molar-refractivity contribution < 1.29 is 14.3 Å². The molecule has 2 amide bonds. The van der Waals surface area contributed by atoms with E-state index in [0.29, 0.717) is 18.7 Å². The summed E-state index contributed by atoms with van der Waals surface area (Å²) < 4.78 is 5.16. The first kappa shape index (κ1) is 14.5. The number of carbonyl (C=O) groups excluding carboxylic acids is 2. The van der Waals surface area contributed by atoms with Crippen molar-refractivity contribution in [3.8, 4) is 5.75 Å². The van der Waals surface area contributed by atoms with E-state index in [1.807, 2.05) is 29.2 Å². The average Bonchev–Trinajstić information content (AvgIpc) is 3.09. The highest BCUT2D eigenvalue weighted by Gasteiger charge is 2.63. The van der Waals surface area contributed by atoms with E-state index >= 15 is 0 Å². The highest BCUT2D eigenvalue weighted by atomic mass is 16.5. The Morgan fingerprint density at radius 1 is 1.30 bits per heavy atom. The number of nitrogens with one attached hydrogen (secondary N) is 1. The van der Waals surface area contributed by atoms with Crippen LogP contribution in [0.5, 0.6) is 5.75 Å². The van der Waals surface area contributed by atoms with Crippen LogP contribution in [0.4, 0.5) is 0 Å². The van der Waals surface area contributed by atoms with Gasteiger partial charge in [0.25, 0.3) is 5.91 Å². The predicted molar refractivity (Wildman–Crippen MR) is 85.2 cm³/mol. The molecule has 3 aliphatic rings. The number of carbonyl (C=O) groups is 2. The van der Waals surface area contributed by atoms with E-state index in [-0.39, 0.29) is 29.2 Å². The van der Waals surface area contributed by atoms with Crippen molar-refractivity contribution in [2.75, 3.05) is 20.2 Å². The van der Waals surface area contributed by atoms with Gasteiger partial charge in [-0.15, -0.1) is 0 Å². The first-order chi connectivity index (χ1) is 11.2. The third-order valence-corrected chi connectivity index (χ3v) is 5.96. The molecule has 4 rings (SSSR count). The van der Waals surface area contributed by atoms with E-state index < -0.39 is 0 Å². The minimum atomic E-state index is -0.333. The van der Waals surface area contributed by atoms with Gasteiger partial charge in [-0.3, -0.25) is 9.59 Å². The number of likely N-dealkylation sites (tertiary alicyclic amines) is 1. The lowest BCUT2D eigenvalue weighted by Gasteiger charge is -2.39. The molecular weight excluding hydrogens is 292 g/mol. The summed E-state index contributed by atoms with van der Waals surface area (Å²) in [5.74, 6) is 1.22. The summed E-state index contributed by atoms with van der Waals surface area (Å²) in [5, 5.41) is 3.03. The highest BCUT2D eigenvalue weighted by Crippen LogP contribution is 2.52.